The van der Waals surface area contributed by atoms with Crippen LogP contribution in [-0.2, 0) is 20.9 Å². The number of carbonyl (C=O) groups is 2. The molecule has 1 aromatic rings. The Bertz CT molecular complexity index is 681. The molecule has 8 heteroatoms. The maximum Gasteiger partial charge on any atom is 0.227 e. The van der Waals surface area contributed by atoms with Crippen LogP contribution in [0.25, 0.3) is 0 Å². The maximum absolute atomic E-state index is 12.7. The Morgan fingerprint density at radius 3 is 2.79 bits per heavy atom. The quantitative estimate of drug-likeness (QED) is 0.657. The van der Waals surface area contributed by atoms with E-state index in [-0.39, 0.29) is 23.7 Å². The number of rotatable bonds is 7. The average molecular weight is 390 g/mol. The van der Waals surface area contributed by atoms with Gasteiger partial charge >= 0.3 is 0 Å². The predicted molar refractivity (Wildman–Crippen MR) is 104 cm³/mol. The van der Waals surface area contributed by atoms with Crippen LogP contribution in [0.2, 0.25) is 0 Å². The Hall–Kier alpha value is -1.93. The lowest BCUT2D eigenvalue weighted by molar-refractivity contribution is -0.141. The summed E-state index contributed by atoms with van der Waals surface area (Å²) in [5.41, 5.74) is 1.33. The number of aromatic nitrogens is 2. The number of carbonyl (C=O) groups excluding carboxylic acids is 2. The highest BCUT2D eigenvalue weighted by molar-refractivity contribution is 5.83. The van der Waals surface area contributed by atoms with Gasteiger partial charge in [0, 0.05) is 57.1 Å². The second-order valence-electron chi connectivity index (χ2n) is 8.12. The van der Waals surface area contributed by atoms with E-state index in [1.54, 1.807) is 0 Å². The molecule has 1 aromatic heterocycles. The molecule has 1 aliphatic carbocycles. The van der Waals surface area contributed by atoms with E-state index in [1.807, 2.05) is 11.1 Å². The molecule has 2 N–H and O–H groups in total. The van der Waals surface area contributed by atoms with Gasteiger partial charge in [0.25, 0.3) is 0 Å². The van der Waals surface area contributed by atoms with E-state index < -0.39 is 0 Å². The van der Waals surface area contributed by atoms with Crippen molar-refractivity contribution in [2.45, 2.75) is 38.1 Å². The van der Waals surface area contributed by atoms with Crippen LogP contribution in [0.1, 0.15) is 37.3 Å². The Morgan fingerprint density at radius 1 is 1.21 bits per heavy atom. The number of piperidine rings is 1. The molecule has 4 rings (SSSR count). The molecule has 8 nitrogen and oxygen atoms in total. The second kappa shape index (κ2) is 9.05. The summed E-state index contributed by atoms with van der Waals surface area (Å²) in [6.45, 7) is 5.29. The van der Waals surface area contributed by atoms with Crippen LogP contribution in [0, 0.1) is 11.8 Å². The molecule has 3 aliphatic rings. The van der Waals surface area contributed by atoms with Gasteiger partial charge in [-0.3, -0.25) is 14.3 Å². The summed E-state index contributed by atoms with van der Waals surface area (Å²) >= 11 is 0. The molecule has 0 bridgehead atoms. The molecule has 2 saturated heterocycles. The summed E-state index contributed by atoms with van der Waals surface area (Å²) in [6.07, 6.45) is 5.89. The number of aryl methyl sites for hydroxylation is 1. The Labute approximate surface area is 166 Å². The van der Waals surface area contributed by atoms with Gasteiger partial charge in [-0.15, -0.1) is 0 Å². The molecular weight excluding hydrogens is 358 g/mol. The number of nitrogens with zero attached hydrogens (tertiary/aromatic N) is 3. The Balaban J connectivity index is 1.19. The third-order valence-electron chi connectivity index (χ3n) is 5.98. The zero-order valence-electron chi connectivity index (χ0n) is 16.4. The third kappa shape index (κ3) is 4.72. The van der Waals surface area contributed by atoms with E-state index in [0.29, 0.717) is 58.3 Å². The largest absolute Gasteiger partial charge is 0.378 e. The smallest absolute Gasteiger partial charge is 0.227 e. The fourth-order valence-corrected chi connectivity index (χ4v) is 4.21. The molecule has 0 unspecified atom stereocenters. The summed E-state index contributed by atoms with van der Waals surface area (Å²) in [4.78, 5) is 27.1. The molecule has 2 atom stereocenters. The van der Waals surface area contributed by atoms with Crippen molar-refractivity contribution in [3.05, 3.63) is 18.0 Å². The summed E-state index contributed by atoms with van der Waals surface area (Å²) in [7, 11) is 0. The average Bonchev–Trinajstić information content (AvgIpc) is 3.49. The second-order valence-corrected chi connectivity index (χ2v) is 8.12. The molecule has 154 valence electrons. The molecular formula is C20H31N5O3. The van der Waals surface area contributed by atoms with Gasteiger partial charge in [0.05, 0.1) is 25.0 Å². The van der Waals surface area contributed by atoms with Gasteiger partial charge in [-0.25, -0.2) is 0 Å². The van der Waals surface area contributed by atoms with Crippen LogP contribution >= 0.6 is 0 Å². The van der Waals surface area contributed by atoms with E-state index in [4.69, 9.17) is 4.74 Å². The van der Waals surface area contributed by atoms with Crippen LogP contribution in [0.4, 0.5) is 0 Å². The predicted octanol–water partition coefficient (Wildman–Crippen LogP) is 0.351. The van der Waals surface area contributed by atoms with Crippen molar-refractivity contribution < 1.29 is 14.3 Å². The number of amides is 2. The SMILES string of the molecule is O=C(NCCCn1nccc1C1CC1)[C@H]1CNC[C@@H](C(=O)N2CCOCC2)C1. The van der Waals surface area contributed by atoms with Crippen molar-refractivity contribution in [3.8, 4) is 0 Å². The van der Waals surface area contributed by atoms with Crippen molar-refractivity contribution in [2.75, 3.05) is 45.9 Å². The first-order valence-electron chi connectivity index (χ1n) is 10.6. The van der Waals surface area contributed by atoms with Gasteiger partial charge in [0.15, 0.2) is 0 Å². The maximum atomic E-state index is 12.7. The summed E-state index contributed by atoms with van der Waals surface area (Å²) < 4.78 is 7.39. The molecule has 3 heterocycles. The summed E-state index contributed by atoms with van der Waals surface area (Å²) in [6, 6.07) is 2.11. The topological polar surface area (TPSA) is 88.5 Å². The monoisotopic (exact) mass is 389 g/mol. The van der Waals surface area contributed by atoms with Crippen molar-refractivity contribution in [1.29, 1.82) is 0 Å². The highest BCUT2D eigenvalue weighted by Crippen LogP contribution is 2.39. The molecule has 2 aliphatic heterocycles. The highest BCUT2D eigenvalue weighted by Gasteiger charge is 2.33. The molecule has 0 aromatic carbocycles. The minimum atomic E-state index is -0.143. The van der Waals surface area contributed by atoms with Gasteiger partial charge < -0.3 is 20.3 Å². The van der Waals surface area contributed by atoms with Gasteiger partial charge in [0.2, 0.25) is 11.8 Å². The zero-order valence-corrected chi connectivity index (χ0v) is 16.4. The lowest BCUT2D eigenvalue weighted by Gasteiger charge is -2.34. The molecule has 0 spiro atoms. The van der Waals surface area contributed by atoms with Crippen LogP contribution < -0.4 is 10.6 Å². The van der Waals surface area contributed by atoms with E-state index in [0.717, 1.165) is 13.0 Å². The summed E-state index contributed by atoms with van der Waals surface area (Å²) in [5.74, 6) is 0.629. The fraction of sp³-hybridized carbons (Fsp3) is 0.750. The molecule has 28 heavy (non-hydrogen) atoms. The number of ether oxygens (including phenoxy) is 1. The first kappa shape index (κ1) is 19.4. The Morgan fingerprint density at radius 2 is 2.00 bits per heavy atom. The number of morpholine rings is 1. The third-order valence-corrected chi connectivity index (χ3v) is 5.98. The van der Waals surface area contributed by atoms with Crippen LogP contribution in [0.15, 0.2) is 12.3 Å². The standard InChI is InChI=1S/C20H31N5O3/c26-19(22-5-1-7-25-18(4-6-23-25)15-2-3-15)16-12-17(14-21-13-16)20(27)24-8-10-28-11-9-24/h4,6,15-17,21H,1-3,5,7-14H2,(H,22,26)/t16-,17+/m1/s1. The van der Waals surface area contributed by atoms with Crippen LogP contribution in [-0.4, -0.2) is 72.4 Å². The van der Waals surface area contributed by atoms with Crippen LogP contribution in [0.3, 0.4) is 0 Å². The molecule has 3 fully saturated rings. The van der Waals surface area contributed by atoms with Crippen molar-refractivity contribution >= 4 is 11.8 Å². The zero-order chi connectivity index (χ0) is 19.3. The van der Waals surface area contributed by atoms with E-state index in [1.165, 1.54) is 18.5 Å². The Kier molecular flexibility index (Phi) is 6.26. The number of hydrogen-bond donors (Lipinski definition) is 2. The molecule has 1 saturated carbocycles. The molecule has 2 amide bonds. The van der Waals surface area contributed by atoms with Crippen molar-refractivity contribution in [1.82, 2.24) is 25.3 Å². The van der Waals surface area contributed by atoms with E-state index in [9.17, 15) is 9.59 Å². The lowest BCUT2D eigenvalue weighted by atomic mass is 9.88. The first-order valence-corrected chi connectivity index (χ1v) is 10.6. The minimum absolute atomic E-state index is 0.0508. The lowest BCUT2D eigenvalue weighted by Crippen LogP contribution is -2.51. The minimum Gasteiger partial charge on any atom is -0.378 e. The van der Waals surface area contributed by atoms with Gasteiger partial charge in [0.1, 0.15) is 0 Å². The van der Waals surface area contributed by atoms with Gasteiger partial charge in [-0.05, 0) is 31.7 Å². The molecule has 0 radical (unpaired) electrons. The summed E-state index contributed by atoms with van der Waals surface area (Å²) in [5, 5.41) is 10.7. The first-order chi connectivity index (χ1) is 13.7. The van der Waals surface area contributed by atoms with Crippen molar-refractivity contribution in [2.24, 2.45) is 11.8 Å². The highest BCUT2D eigenvalue weighted by atomic mass is 16.5. The van der Waals surface area contributed by atoms with E-state index in [2.05, 4.69) is 26.5 Å². The normalized spacial score (nSPS) is 25.5. The van der Waals surface area contributed by atoms with E-state index >= 15 is 0 Å². The number of nitrogens with one attached hydrogen (secondary N) is 2. The van der Waals surface area contributed by atoms with Crippen LogP contribution in [0.5, 0.6) is 0 Å². The van der Waals surface area contributed by atoms with Crippen molar-refractivity contribution in [3.63, 3.8) is 0 Å². The van der Waals surface area contributed by atoms with Gasteiger partial charge in [-0.1, -0.05) is 0 Å². The fourth-order valence-electron chi connectivity index (χ4n) is 4.21. The number of hydrogen-bond acceptors (Lipinski definition) is 5. The van der Waals surface area contributed by atoms with Gasteiger partial charge in [-0.2, -0.15) is 5.10 Å².